The summed E-state index contributed by atoms with van der Waals surface area (Å²) in [7, 11) is 0. The first-order chi connectivity index (χ1) is 14.8. The first kappa shape index (κ1) is 21.6. The topological polar surface area (TPSA) is 75.6 Å². The number of amides is 1. The largest absolute Gasteiger partial charge is 0.485 e. The maximum atomic E-state index is 12.3. The molecule has 0 radical (unpaired) electrons. The molecule has 7 heteroatoms. The summed E-state index contributed by atoms with van der Waals surface area (Å²) in [4.78, 5) is 24.5. The highest BCUT2D eigenvalue weighted by atomic mass is 32.1. The molecule has 1 unspecified atom stereocenters. The average Bonchev–Trinajstić information content (AvgIpc) is 3.39. The van der Waals surface area contributed by atoms with Gasteiger partial charge >= 0.3 is 5.97 Å². The minimum atomic E-state index is -0.928. The standard InChI is InChI=1S/C24H25NO4S2/c1-13-11-18-23(15(3)22(13)16-7-9-30-12-16)14(2)10-17(29-18)19-4-5-20(31-19)24(28)25-8-6-21(26)27/h4-5,7,9,11-12,14,17H,6,8,10H2,1-3H3,(H,25,28)(H,26,27)/t14?,17-/m0/s1. The first-order valence-corrected chi connectivity index (χ1v) is 12.0. The number of nitrogens with one attached hydrogen (secondary N) is 1. The number of ether oxygens (including phenoxy) is 1. The first-order valence-electron chi connectivity index (χ1n) is 10.3. The number of thiophene rings is 2. The van der Waals surface area contributed by atoms with Crippen molar-refractivity contribution in [2.45, 2.75) is 45.6 Å². The number of carboxylic acid groups (broad SMARTS) is 1. The molecule has 0 saturated carbocycles. The van der Waals surface area contributed by atoms with Crippen molar-refractivity contribution in [1.29, 1.82) is 0 Å². The summed E-state index contributed by atoms with van der Waals surface area (Å²) in [5.41, 5.74) is 6.31. The lowest BCUT2D eigenvalue weighted by atomic mass is 9.83. The number of aryl methyl sites for hydroxylation is 1. The van der Waals surface area contributed by atoms with Crippen LogP contribution in [-0.4, -0.2) is 23.5 Å². The van der Waals surface area contributed by atoms with E-state index in [1.807, 2.05) is 6.07 Å². The highest BCUT2D eigenvalue weighted by Crippen LogP contribution is 2.48. The summed E-state index contributed by atoms with van der Waals surface area (Å²) >= 11 is 3.12. The number of aliphatic carboxylic acids is 1. The van der Waals surface area contributed by atoms with E-state index in [1.54, 1.807) is 17.4 Å². The third-order valence-corrected chi connectivity index (χ3v) is 7.58. The molecular formula is C24H25NO4S2. The van der Waals surface area contributed by atoms with Crippen molar-refractivity contribution in [2.24, 2.45) is 0 Å². The summed E-state index contributed by atoms with van der Waals surface area (Å²) < 4.78 is 6.43. The second kappa shape index (κ2) is 8.85. The summed E-state index contributed by atoms with van der Waals surface area (Å²) in [6.07, 6.45) is 0.662. The number of carbonyl (C=O) groups excluding carboxylic acids is 1. The van der Waals surface area contributed by atoms with Gasteiger partial charge in [0.15, 0.2) is 0 Å². The molecular weight excluding hydrogens is 430 g/mol. The molecule has 1 aromatic carbocycles. The quantitative estimate of drug-likeness (QED) is 0.483. The average molecular weight is 456 g/mol. The molecule has 1 amide bonds. The fourth-order valence-corrected chi connectivity index (χ4v) is 5.97. The van der Waals surface area contributed by atoms with Gasteiger partial charge in [-0.05, 0) is 83.5 Å². The number of benzene rings is 1. The highest BCUT2D eigenvalue weighted by molar-refractivity contribution is 7.14. The molecule has 3 aromatic rings. The van der Waals surface area contributed by atoms with Crippen LogP contribution < -0.4 is 10.1 Å². The van der Waals surface area contributed by atoms with Crippen LogP contribution in [0, 0.1) is 13.8 Å². The van der Waals surface area contributed by atoms with Gasteiger partial charge in [-0.15, -0.1) is 11.3 Å². The molecule has 1 aliphatic rings. The van der Waals surface area contributed by atoms with Crippen LogP contribution in [0.3, 0.4) is 0 Å². The minimum absolute atomic E-state index is 0.0872. The molecule has 2 atom stereocenters. The Balaban J connectivity index is 1.56. The van der Waals surface area contributed by atoms with Gasteiger partial charge in [0.25, 0.3) is 5.91 Å². The summed E-state index contributed by atoms with van der Waals surface area (Å²) in [5.74, 6) is 0.0947. The molecule has 0 aliphatic carbocycles. The normalized spacial score (nSPS) is 17.6. The van der Waals surface area contributed by atoms with Gasteiger partial charge in [0, 0.05) is 17.0 Å². The van der Waals surface area contributed by atoms with E-state index in [9.17, 15) is 9.59 Å². The molecule has 4 rings (SSSR count). The van der Waals surface area contributed by atoms with Gasteiger partial charge in [-0.25, -0.2) is 0 Å². The zero-order valence-electron chi connectivity index (χ0n) is 17.7. The lowest BCUT2D eigenvalue weighted by Gasteiger charge is -2.32. The van der Waals surface area contributed by atoms with Crippen molar-refractivity contribution >= 4 is 34.6 Å². The summed E-state index contributed by atoms with van der Waals surface area (Å²) in [5, 5.41) is 15.7. The molecule has 162 valence electrons. The van der Waals surface area contributed by atoms with E-state index >= 15 is 0 Å². The summed E-state index contributed by atoms with van der Waals surface area (Å²) in [6, 6.07) is 8.04. The maximum Gasteiger partial charge on any atom is 0.305 e. The predicted octanol–water partition coefficient (Wildman–Crippen LogP) is 5.93. The van der Waals surface area contributed by atoms with Crippen molar-refractivity contribution < 1.29 is 19.4 Å². The van der Waals surface area contributed by atoms with Crippen LogP contribution in [0.4, 0.5) is 0 Å². The fraction of sp³-hybridized carbons (Fsp3) is 0.333. The van der Waals surface area contributed by atoms with E-state index in [4.69, 9.17) is 9.84 Å². The minimum Gasteiger partial charge on any atom is -0.485 e. The third kappa shape index (κ3) is 4.38. The number of hydrogen-bond donors (Lipinski definition) is 2. The Bertz CT molecular complexity index is 1120. The van der Waals surface area contributed by atoms with Crippen molar-refractivity contribution in [2.75, 3.05) is 6.54 Å². The van der Waals surface area contributed by atoms with Gasteiger partial charge in [0.1, 0.15) is 11.9 Å². The van der Waals surface area contributed by atoms with Gasteiger partial charge in [-0.3, -0.25) is 9.59 Å². The molecule has 0 fully saturated rings. The molecule has 2 aromatic heterocycles. The Morgan fingerprint density at radius 2 is 2.06 bits per heavy atom. The van der Waals surface area contributed by atoms with Crippen molar-refractivity contribution in [3.63, 3.8) is 0 Å². The van der Waals surface area contributed by atoms with Gasteiger partial charge in [-0.1, -0.05) is 6.92 Å². The Kier molecular flexibility index (Phi) is 6.16. The van der Waals surface area contributed by atoms with Gasteiger partial charge in [0.05, 0.1) is 11.3 Å². The number of carboxylic acids is 1. The van der Waals surface area contributed by atoms with Gasteiger partial charge in [0.2, 0.25) is 0 Å². The van der Waals surface area contributed by atoms with Crippen molar-refractivity contribution in [1.82, 2.24) is 5.32 Å². The lowest BCUT2D eigenvalue weighted by Crippen LogP contribution is -2.25. The molecule has 5 nitrogen and oxygen atoms in total. The van der Waals surface area contributed by atoms with Crippen molar-refractivity contribution in [3.8, 4) is 16.9 Å². The van der Waals surface area contributed by atoms with E-state index in [-0.39, 0.29) is 25.0 Å². The van der Waals surface area contributed by atoms with Crippen LogP contribution in [0.25, 0.3) is 11.1 Å². The van der Waals surface area contributed by atoms with Crippen molar-refractivity contribution in [3.05, 3.63) is 61.5 Å². The molecule has 31 heavy (non-hydrogen) atoms. The smallest absolute Gasteiger partial charge is 0.305 e. The van der Waals surface area contributed by atoms with E-state index in [1.165, 1.54) is 39.2 Å². The Labute approximate surface area is 189 Å². The predicted molar refractivity (Wildman–Crippen MR) is 125 cm³/mol. The van der Waals surface area contributed by atoms with Crippen LogP contribution in [0.1, 0.15) is 63.0 Å². The van der Waals surface area contributed by atoms with E-state index in [2.05, 4.69) is 49.0 Å². The molecule has 3 heterocycles. The molecule has 0 spiro atoms. The molecule has 2 N–H and O–H groups in total. The lowest BCUT2D eigenvalue weighted by molar-refractivity contribution is -0.136. The SMILES string of the molecule is Cc1cc2c(c(C)c1-c1ccsc1)C(C)C[C@@H](c1ccc(C(=O)NCCC(=O)O)s1)O2. The number of rotatable bonds is 6. The fourth-order valence-electron chi connectivity index (χ4n) is 4.36. The second-order valence-corrected chi connectivity index (χ2v) is 9.86. The zero-order valence-corrected chi connectivity index (χ0v) is 19.4. The van der Waals surface area contributed by atoms with Crippen LogP contribution in [0.15, 0.2) is 35.0 Å². The molecule has 0 saturated heterocycles. The molecule has 1 aliphatic heterocycles. The van der Waals surface area contributed by atoms with Crippen LogP contribution in [-0.2, 0) is 4.79 Å². The second-order valence-electron chi connectivity index (χ2n) is 7.96. The Morgan fingerprint density at radius 1 is 1.26 bits per heavy atom. The monoisotopic (exact) mass is 455 g/mol. The van der Waals surface area contributed by atoms with Crippen LogP contribution in [0.2, 0.25) is 0 Å². The van der Waals surface area contributed by atoms with Crippen LogP contribution >= 0.6 is 22.7 Å². The molecule has 0 bridgehead atoms. The highest BCUT2D eigenvalue weighted by Gasteiger charge is 2.31. The summed E-state index contributed by atoms with van der Waals surface area (Å²) in [6.45, 7) is 6.67. The van der Waals surface area contributed by atoms with E-state index < -0.39 is 5.97 Å². The number of carbonyl (C=O) groups is 2. The number of hydrogen-bond acceptors (Lipinski definition) is 5. The Morgan fingerprint density at radius 3 is 2.77 bits per heavy atom. The Hall–Kier alpha value is -2.64. The third-order valence-electron chi connectivity index (χ3n) is 5.72. The van der Waals surface area contributed by atoms with Gasteiger partial charge < -0.3 is 15.2 Å². The number of fused-ring (bicyclic) bond motifs is 1. The van der Waals surface area contributed by atoms with Crippen LogP contribution in [0.5, 0.6) is 5.75 Å². The maximum absolute atomic E-state index is 12.3. The van der Waals surface area contributed by atoms with E-state index in [0.717, 1.165) is 17.0 Å². The zero-order chi connectivity index (χ0) is 22.1. The van der Waals surface area contributed by atoms with Gasteiger partial charge in [-0.2, -0.15) is 11.3 Å². The van der Waals surface area contributed by atoms with E-state index in [0.29, 0.717) is 10.8 Å².